The van der Waals surface area contributed by atoms with Gasteiger partial charge >= 0.3 is 5.92 Å². The van der Waals surface area contributed by atoms with Crippen LogP contribution in [0.3, 0.4) is 0 Å². The van der Waals surface area contributed by atoms with Crippen molar-refractivity contribution in [2.45, 2.75) is 50.1 Å². The van der Waals surface area contributed by atoms with Gasteiger partial charge in [0.25, 0.3) is 5.91 Å². The van der Waals surface area contributed by atoms with Gasteiger partial charge in [0, 0.05) is 47.9 Å². The van der Waals surface area contributed by atoms with E-state index in [4.69, 9.17) is 23.2 Å². The molecule has 3 atom stereocenters. The average molecular weight is 531 g/mol. The van der Waals surface area contributed by atoms with E-state index in [0.717, 1.165) is 5.69 Å². The molecule has 0 radical (unpaired) electrons. The van der Waals surface area contributed by atoms with E-state index in [2.05, 4.69) is 4.90 Å². The quantitative estimate of drug-likeness (QED) is 0.477. The number of rotatable bonds is 7. The number of hydrogen-bond acceptors (Lipinski definition) is 4. The van der Waals surface area contributed by atoms with Gasteiger partial charge in [0.15, 0.2) is 0 Å². The Morgan fingerprint density at radius 2 is 1.79 bits per heavy atom. The minimum Gasteiger partial charge on any atom is -0.365 e. The Labute approximate surface area is 210 Å². The van der Waals surface area contributed by atoms with Crippen molar-refractivity contribution in [1.29, 1.82) is 0 Å². The van der Waals surface area contributed by atoms with Crippen LogP contribution in [0.5, 0.6) is 0 Å². The highest BCUT2D eigenvalue weighted by Gasteiger charge is 2.37. The lowest BCUT2D eigenvalue weighted by atomic mass is 10.0. The first-order valence-corrected chi connectivity index (χ1v) is 13.0. The van der Waals surface area contributed by atoms with E-state index in [1.165, 1.54) is 25.1 Å². The smallest absolute Gasteiger partial charge is 0.305 e. The van der Waals surface area contributed by atoms with Crippen LogP contribution in [0.2, 0.25) is 10.0 Å². The van der Waals surface area contributed by atoms with Crippen molar-refractivity contribution in [3.05, 3.63) is 58.1 Å². The number of benzene rings is 2. The Hall–Kier alpha value is -2.03. The average Bonchev–Trinajstić information content (AvgIpc) is 2.80. The molecule has 2 aromatic carbocycles. The second-order valence-corrected chi connectivity index (χ2v) is 10.5. The number of amides is 1. The Bertz CT molecular complexity index is 1120. The van der Waals surface area contributed by atoms with Crippen molar-refractivity contribution < 1.29 is 22.6 Å². The highest BCUT2D eigenvalue weighted by molar-refractivity contribution is 7.86. The molecule has 1 heterocycles. The molecule has 3 unspecified atom stereocenters. The van der Waals surface area contributed by atoms with Crippen molar-refractivity contribution in [2.24, 2.45) is 0 Å². The molecule has 2 aromatic rings. The molecule has 3 rings (SSSR count). The van der Waals surface area contributed by atoms with Gasteiger partial charge in [-0.1, -0.05) is 36.2 Å². The number of Topliss-reactive ketones (excluding diaryl/α,β-unsaturated/α-hetero) is 1. The fourth-order valence-electron chi connectivity index (χ4n) is 3.93. The second-order valence-electron chi connectivity index (χ2n) is 8.27. The summed E-state index contributed by atoms with van der Waals surface area (Å²) in [4.78, 5) is 29.0. The summed E-state index contributed by atoms with van der Waals surface area (Å²) in [6, 6.07) is 11.7. The van der Waals surface area contributed by atoms with Crippen molar-refractivity contribution in [3.63, 3.8) is 0 Å². The molecular formula is C24H26Cl2F2N2O3S. The first-order chi connectivity index (χ1) is 16.0. The molecule has 0 saturated carbocycles. The van der Waals surface area contributed by atoms with Crippen LogP contribution >= 0.6 is 23.2 Å². The van der Waals surface area contributed by atoms with Crippen LogP contribution in [0.25, 0.3) is 0 Å². The number of halogens is 4. The summed E-state index contributed by atoms with van der Waals surface area (Å²) in [5, 5.41) is 0.637. The SMILES string of the molecule is CCC(F)(F)C(=O)CS(=O)c1ccc(C(=O)N2CCN(c3cccc(Cl)c3)C(C)C2C)cc1Cl. The van der Waals surface area contributed by atoms with Crippen molar-refractivity contribution in [3.8, 4) is 0 Å². The molecule has 0 N–H and O–H groups in total. The van der Waals surface area contributed by atoms with Crippen molar-refractivity contribution >= 4 is 51.4 Å². The number of piperazine rings is 1. The maximum atomic E-state index is 13.5. The number of alkyl halides is 2. The standard InChI is InChI=1S/C24H26Cl2F2N2O3S/c1-4-24(27,28)22(31)14-34(33)21-9-8-17(12-20(21)26)23(32)30-11-10-29(15(2)16(30)3)19-7-5-6-18(25)13-19/h5-9,12-13,15-16H,4,10-11,14H2,1-3H3. The summed E-state index contributed by atoms with van der Waals surface area (Å²) in [7, 11) is -2.04. The lowest BCUT2D eigenvalue weighted by molar-refractivity contribution is -0.140. The maximum absolute atomic E-state index is 13.5. The molecule has 184 valence electrons. The highest BCUT2D eigenvalue weighted by atomic mass is 35.5. The van der Waals surface area contributed by atoms with Crippen LogP contribution < -0.4 is 4.90 Å². The zero-order chi connectivity index (χ0) is 25.2. The van der Waals surface area contributed by atoms with Gasteiger partial charge in [0.2, 0.25) is 5.78 Å². The predicted molar refractivity (Wildman–Crippen MR) is 132 cm³/mol. The first kappa shape index (κ1) is 26.6. The van der Waals surface area contributed by atoms with Crippen LogP contribution in [0.4, 0.5) is 14.5 Å². The third kappa shape index (κ3) is 5.61. The minimum atomic E-state index is -3.53. The van der Waals surface area contributed by atoms with Gasteiger partial charge in [-0.15, -0.1) is 0 Å². The molecular weight excluding hydrogens is 505 g/mol. The van der Waals surface area contributed by atoms with E-state index in [9.17, 15) is 22.6 Å². The monoisotopic (exact) mass is 530 g/mol. The van der Waals surface area contributed by atoms with Gasteiger partial charge in [-0.3, -0.25) is 13.8 Å². The van der Waals surface area contributed by atoms with E-state index in [-0.39, 0.29) is 27.9 Å². The minimum absolute atomic E-state index is 0.00457. The zero-order valence-electron chi connectivity index (χ0n) is 19.1. The fraction of sp³-hybridized carbons (Fsp3) is 0.417. The molecule has 1 amide bonds. The summed E-state index contributed by atoms with van der Waals surface area (Å²) in [5.74, 6) is -6.01. The predicted octanol–water partition coefficient (Wildman–Crippen LogP) is 5.45. The van der Waals surface area contributed by atoms with Crippen LogP contribution in [0, 0.1) is 0 Å². The van der Waals surface area contributed by atoms with Crippen LogP contribution in [-0.2, 0) is 15.6 Å². The lowest BCUT2D eigenvalue weighted by Gasteiger charge is -2.46. The summed E-state index contributed by atoms with van der Waals surface area (Å²) < 4.78 is 39.6. The molecule has 0 spiro atoms. The number of carbonyl (C=O) groups excluding carboxylic acids is 2. The summed E-state index contributed by atoms with van der Waals surface area (Å²) in [6.45, 7) is 6.27. The molecule has 0 bridgehead atoms. The van der Waals surface area contributed by atoms with Crippen LogP contribution in [-0.4, -0.2) is 57.6 Å². The molecule has 1 saturated heterocycles. The summed E-state index contributed by atoms with van der Waals surface area (Å²) in [6.07, 6.45) is -0.661. The summed E-state index contributed by atoms with van der Waals surface area (Å²) >= 11 is 12.4. The molecule has 1 fully saturated rings. The van der Waals surface area contributed by atoms with Crippen molar-refractivity contribution in [2.75, 3.05) is 23.7 Å². The van der Waals surface area contributed by atoms with E-state index in [1.807, 2.05) is 38.1 Å². The van der Waals surface area contributed by atoms with Gasteiger partial charge < -0.3 is 9.80 Å². The van der Waals surface area contributed by atoms with Crippen molar-refractivity contribution in [1.82, 2.24) is 4.90 Å². The Kier molecular flexibility index (Phi) is 8.37. The van der Waals surface area contributed by atoms with Gasteiger partial charge in [-0.2, -0.15) is 8.78 Å². The summed E-state index contributed by atoms with van der Waals surface area (Å²) in [5.41, 5.74) is 1.28. The lowest BCUT2D eigenvalue weighted by Crippen LogP contribution is -2.59. The van der Waals surface area contributed by atoms with Gasteiger partial charge in [-0.05, 0) is 50.2 Å². The van der Waals surface area contributed by atoms with E-state index in [0.29, 0.717) is 23.7 Å². The van der Waals surface area contributed by atoms with Gasteiger partial charge in [-0.25, -0.2) is 0 Å². The topological polar surface area (TPSA) is 57.7 Å². The third-order valence-electron chi connectivity index (χ3n) is 6.20. The fourth-order valence-corrected chi connectivity index (χ4v) is 5.66. The molecule has 10 heteroatoms. The Balaban J connectivity index is 1.73. The Morgan fingerprint density at radius 3 is 2.41 bits per heavy atom. The number of anilines is 1. The molecule has 1 aliphatic rings. The maximum Gasteiger partial charge on any atom is 0.305 e. The third-order valence-corrected chi connectivity index (χ3v) is 8.23. The van der Waals surface area contributed by atoms with Gasteiger partial charge in [0.05, 0.1) is 26.5 Å². The molecule has 1 aliphatic heterocycles. The van der Waals surface area contributed by atoms with Crippen LogP contribution in [0.15, 0.2) is 47.4 Å². The Morgan fingerprint density at radius 1 is 1.09 bits per heavy atom. The number of hydrogen-bond donors (Lipinski definition) is 0. The number of nitrogens with zero attached hydrogens (tertiary/aromatic N) is 2. The number of ketones is 1. The van der Waals surface area contributed by atoms with E-state index < -0.39 is 34.7 Å². The van der Waals surface area contributed by atoms with E-state index in [1.54, 1.807) is 4.90 Å². The molecule has 34 heavy (non-hydrogen) atoms. The molecule has 0 aliphatic carbocycles. The van der Waals surface area contributed by atoms with Crippen LogP contribution in [0.1, 0.15) is 37.6 Å². The molecule has 5 nitrogen and oxygen atoms in total. The number of carbonyl (C=O) groups is 2. The normalized spacial score (nSPS) is 19.7. The highest BCUT2D eigenvalue weighted by Crippen LogP contribution is 2.29. The second kappa shape index (κ2) is 10.7. The van der Waals surface area contributed by atoms with E-state index >= 15 is 0 Å². The zero-order valence-corrected chi connectivity index (χ0v) is 21.4. The largest absolute Gasteiger partial charge is 0.365 e. The van der Waals surface area contributed by atoms with Gasteiger partial charge in [0.1, 0.15) is 0 Å². The molecule has 0 aromatic heterocycles. The first-order valence-electron chi connectivity index (χ1n) is 10.9.